The standard InChI is InChI=1S/C19H16ClNO4/c20-13-3-8-16-12(10-13)11-17(25-16)19(23)24-15-6-4-14(5-7-15)21-9-1-2-18(21)22/h3-8,10,17H,1-2,9,11H2/t17-/m0/s1. The molecule has 0 spiro atoms. The van der Waals surface area contributed by atoms with Crippen molar-refractivity contribution in [2.75, 3.05) is 11.4 Å². The molecule has 5 nitrogen and oxygen atoms in total. The van der Waals surface area contributed by atoms with Crippen LogP contribution in [0.25, 0.3) is 0 Å². The molecule has 0 bridgehead atoms. The average Bonchev–Trinajstić information content (AvgIpc) is 3.21. The number of carbonyl (C=O) groups is 2. The van der Waals surface area contributed by atoms with Gasteiger partial charge in [-0.1, -0.05) is 11.6 Å². The third-order valence-electron chi connectivity index (χ3n) is 4.40. The quantitative estimate of drug-likeness (QED) is 0.624. The molecule has 0 aliphatic carbocycles. The normalized spacial score (nSPS) is 18.8. The predicted octanol–water partition coefficient (Wildman–Crippen LogP) is 3.38. The van der Waals surface area contributed by atoms with Gasteiger partial charge in [-0.25, -0.2) is 4.79 Å². The Morgan fingerprint density at radius 2 is 2.00 bits per heavy atom. The fraction of sp³-hybridized carbons (Fsp3) is 0.263. The molecule has 1 saturated heterocycles. The maximum absolute atomic E-state index is 12.3. The Bertz CT molecular complexity index is 834. The summed E-state index contributed by atoms with van der Waals surface area (Å²) in [6, 6.07) is 12.2. The molecule has 0 saturated carbocycles. The van der Waals surface area contributed by atoms with E-state index in [4.69, 9.17) is 21.1 Å². The molecule has 2 heterocycles. The number of halogens is 1. The number of nitrogens with zero attached hydrogens (tertiary/aromatic N) is 1. The molecular formula is C19H16ClNO4. The van der Waals surface area contributed by atoms with Gasteiger partial charge < -0.3 is 14.4 Å². The monoisotopic (exact) mass is 357 g/mol. The van der Waals surface area contributed by atoms with Crippen LogP contribution in [0.1, 0.15) is 18.4 Å². The van der Waals surface area contributed by atoms with E-state index in [-0.39, 0.29) is 5.91 Å². The minimum atomic E-state index is -0.673. The van der Waals surface area contributed by atoms with Gasteiger partial charge in [-0.15, -0.1) is 0 Å². The zero-order valence-electron chi connectivity index (χ0n) is 13.4. The number of rotatable bonds is 3. The van der Waals surface area contributed by atoms with Crippen molar-refractivity contribution in [3.8, 4) is 11.5 Å². The second kappa shape index (κ2) is 6.41. The number of carbonyl (C=O) groups excluding carboxylic acids is 2. The summed E-state index contributed by atoms with van der Waals surface area (Å²) in [7, 11) is 0. The highest BCUT2D eigenvalue weighted by Crippen LogP contribution is 2.32. The van der Waals surface area contributed by atoms with Crippen LogP contribution in [0.5, 0.6) is 11.5 Å². The van der Waals surface area contributed by atoms with E-state index in [1.54, 1.807) is 47.4 Å². The highest BCUT2D eigenvalue weighted by atomic mass is 35.5. The molecule has 0 unspecified atom stereocenters. The first-order valence-corrected chi connectivity index (χ1v) is 8.55. The topological polar surface area (TPSA) is 55.8 Å². The van der Waals surface area contributed by atoms with E-state index in [0.29, 0.717) is 29.4 Å². The molecule has 2 aliphatic heterocycles. The second-order valence-electron chi connectivity index (χ2n) is 6.13. The third-order valence-corrected chi connectivity index (χ3v) is 4.64. The van der Waals surface area contributed by atoms with Crippen LogP contribution < -0.4 is 14.4 Å². The Hall–Kier alpha value is -2.53. The lowest BCUT2D eigenvalue weighted by Crippen LogP contribution is -2.29. The number of benzene rings is 2. The van der Waals surface area contributed by atoms with Crippen LogP contribution >= 0.6 is 11.6 Å². The number of anilines is 1. The lowest BCUT2D eigenvalue weighted by Gasteiger charge is -2.16. The molecular weight excluding hydrogens is 342 g/mol. The Kier molecular flexibility index (Phi) is 4.09. The molecule has 1 fully saturated rings. The molecule has 2 aromatic carbocycles. The minimum Gasteiger partial charge on any atom is -0.478 e. The van der Waals surface area contributed by atoms with Gasteiger partial charge in [-0.2, -0.15) is 0 Å². The lowest BCUT2D eigenvalue weighted by atomic mass is 10.1. The van der Waals surface area contributed by atoms with E-state index < -0.39 is 12.1 Å². The second-order valence-corrected chi connectivity index (χ2v) is 6.56. The number of hydrogen-bond donors (Lipinski definition) is 0. The van der Waals surface area contributed by atoms with Gasteiger partial charge in [0.15, 0.2) is 6.10 Å². The highest BCUT2D eigenvalue weighted by Gasteiger charge is 2.31. The van der Waals surface area contributed by atoms with Crippen LogP contribution in [0.3, 0.4) is 0 Å². The van der Waals surface area contributed by atoms with Gasteiger partial charge in [-0.05, 0) is 54.4 Å². The smallest absolute Gasteiger partial charge is 0.353 e. The van der Waals surface area contributed by atoms with Crippen molar-refractivity contribution in [1.82, 2.24) is 0 Å². The van der Waals surface area contributed by atoms with Crippen molar-refractivity contribution in [3.05, 3.63) is 53.1 Å². The number of fused-ring (bicyclic) bond motifs is 1. The Morgan fingerprint density at radius 3 is 2.72 bits per heavy atom. The minimum absolute atomic E-state index is 0.125. The van der Waals surface area contributed by atoms with Crippen molar-refractivity contribution in [3.63, 3.8) is 0 Å². The van der Waals surface area contributed by atoms with E-state index in [0.717, 1.165) is 24.2 Å². The molecule has 1 amide bonds. The van der Waals surface area contributed by atoms with Gasteiger partial charge in [0.25, 0.3) is 0 Å². The Morgan fingerprint density at radius 1 is 1.20 bits per heavy atom. The maximum atomic E-state index is 12.3. The molecule has 0 aromatic heterocycles. The molecule has 2 aliphatic rings. The zero-order valence-corrected chi connectivity index (χ0v) is 14.2. The molecule has 1 atom stereocenters. The largest absolute Gasteiger partial charge is 0.478 e. The number of esters is 1. The number of amides is 1. The van der Waals surface area contributed by atoms with E-state index >= 15 is 0 Å². The van der Waals surface area contributed by atoms with Crippen molar-refractivity contribution in [2.45, 2.75) is 25.4 Å². The first kappa shape index (κ1) is 16.0. The summed E-state index contributed by atoms with van der Waals surface area (Å²) in [6.07, 6.45) is 1.22. The van der Waals surface area contributed by atoms with E-state index in [1.807, 2.05) is 0 Å². The molecule has 25 heavy (non-hydrogen) atoms. The maximum Gasteiger partial charge on any atom is 0.353 e. The van der Waals surface area contributed by atoms with E-state index in [2.05, 4.69) is 0 Å². The van der Waals surface area contributed by atoms with Gasteiger partial charge in [-0.3, -0.25) is 4.79 Å². The first-order valence-electron chi connectivity index (χ1n) is 8.17. The fourth-order valence-electron chi connectivity index (χ4n) is 3.15. The summed E-state index contributed by atoms with van der Waals surface area (Å²) in [5.41, 5.74) is 1.72. The summed E-state index contributed by atoms with van der Waals surface area (Å²) >= 11 is 5.96. The molecule has 0 N–H and O–H groups in total. The van der Waals surface area contributed by atoms with Crippen molar-refractivity contribution in [2.24, 2.45) is 0 Å². The molecule has 0 radical (unpaired) electrons. The SMILES string of the molecule is O=C(Oc1ccc(N2CCCC2=O)cc1)[C@@H]1Cc2cc(Cl)ccc2O1. The van der Waals surface area contributed by atoms with Crippen LogP contribution in [0.4, 0.5) is 5.69 Å². The van der Waals surface area contributed by atoms with Crippen molar-refractivity contribution in [1.29, 1.82) is 0 Å². The predicted molar refractivity (Wildman–Crippen MR) is 93.2 cm³/mol. The molecule has 4 rings (SSSR count). The molecule has 6 heteroatoms. The van der Waals surface area contributed by atoms with Crippen molar-refractivity contribution < 1.29 is 19.1 Å². The van der Waals surface area contributed by atoms with Gasteiger partial charge in [0.2, 0.25) is 5.91 Å². The molecule has 128 valence electrons. The fourth-order valence-corrected chi connectivity index (χ4v) is 3.34. The summed E-state index contributed by atoms with van der Waals surface area (Å²) < 4.78 is 11.0. The number of ether oxygens (including phenoxy) is 2. The van der Waals surface area contributed by atoms with Gasteiger partial charge in [0.05, 0.1) is 0 Å². The van der Waals surface area contributed by atoms with Gasteiger partial charge in [0, 0.05) is 30.1 Å². The van der Waals surface area contributed by atoms with Crippen LogP contribution in [0, 0.1) is 0 Å². The van der Waals surface area contributed by atoms with E-state index in [9.17, 15) is 9.59 Å². The van der Waals surface area contributed by atoms with Gasteiger partial charge in [0.1, 0.15) is 11.5 Å². The van der Waals surface area contributed by atoms with Gasteiger partial charge >= 0.3 is 5.97 Å². The first-order chi connectivity index (χ1) is 12.1. The molecule has 2 aromatic rings. The third kappa shape index (κ3) is 3.20. The summed E-state index contributed by atoms with van der Waals surface area (Å²) in [6.45, 7) is 0.731. The van der Waals surface area contributed by atoms with Crippen LogP contribution in [0.15, 0.2) is 42.5 Å². The number of hydrogen-bond acceptors (Lipinski definition) is 4. The van der Waals surface area contributed by atoms with Crippen LogP contribution in [0.2, 0.25) is 5.02 Å². The van der Waals surface area contributed by atoms with E-state index in [1.165, 1.54) is 0 Å². The van der Waals surface area contributed by atoms with Crippen LogP contribution in [-0.4, -0.2) is 24.5 Å². The average molecular weight is 358 g/mol. The zero-order chi connectivity index (χ0) is 17.4. The van der Waals surface area contributed by atoms with Crippen LogP contribution in [-0.2, 0) is 16.0 Å². The lowest BCUT2D eigenvalue weighted by molar-refractivity contribution is -0.141. The summed E-state index contributed by atoms with van der Waals surface area (Å²) in [5, 5.41) is 0.614. The Labute approximate surface area is 150 Å². The summed E-state index contributed by atoms with van der Waals surface area (Å²) in [4.78, 5) is 25.8. The highest BCUT2D eigenvalue weighted by molar-refractivity contribution is 6.30. The van der Waals surface area contributed by atoms with Crippen molar-refractivity contribution >= 4 is 29.2 Å². The Balaban J connectivity index is 1.41. The summed E-state index contributed by atoms with van der Waals surface area (Å²) in [5.74, 6) is 0.769.